The maximum absolute atomic E-state index is 11.4. The van der Waals surface area contributed by atoms with Gasteiger partial charge in [0.05, 0.1) is 12.0 Å². The molecule has 1 unspecified atom stereocenters. The first-order valence-electron chi connectivity index (χ1n) is 4.86. The van der Waals surface area contributed by atoms with Crippen LogP contribution >= 0.6 is 0 Å². The Labute approximate surface area is 75.3 Å². The number of carbonyl (C=O) groups excluding carboxylic acids is 1. The van der Waals surface area contributed by atoms with E-state index in [0.717, 1.165) is 19.3 Å². The number of hydrogen-bond acceptors (Lipinski definition) is 2. The molecule has 0 aromatic carbocycles. The van der Waals surface area contributed by atoms with Gasteiger partial charge in [0, 0.05) is 0 Å². The third-order valence-corrected chi connectivity index (χ3v) is 2.21. The lowest BCUT2D eigenvalue weighted by Gasteiger charge is -2.15. The van der Waals surface area contributed by atoms with Crippen molar-refractivity contribution in [3.63, 3.8) is 0 Å². The lowest BCUT2D eigenvalue weighted by Crippen LogP contribution is -2.21. The van der Waals surface area contributed by atoms with Crippen molar-refractivity contribution >= 4 is 5.97 Å². The van der Waals surface area contributed by atoms with Crippen LogP contribution in [0.1, 0.15) is 47.0 Å². The van der Waals surface area contributed by atoms with Crippen molar-refractivity contribution < 1.29 is 9.53 Å². The summed E-state index contributed by atoms with van der Waals surface area (Å²) >= 11 is 0. The van der Waals surface area contributed by atoms with Gasteiger partial charge in [0.2, 0.25) is 0 Å². The summed E-state index contributed by atoms with van der Waals surface area (Å²) < 4.78 is 5.20. The molecule has 0 aromatic rings. The van der Waals surface area contributed by atoms with Gasteiger partial charge < -0.3 is 4.74 Å². The molecule has 0 aliphatic rings. The number of carbonyl (C=O) groups is 1. The topological polar surface area (TPSA) is 26.3 Å². The summed E-state index contributed by atoms with van der Waals surface area (Å²) in [5.74, 6) is 0.0633. The van der Waals surface area contributed by atoms with Gasteiger partial charge in [-0.3, -0.25) is 4.79 Å². The smallest absolute Gasteiger partial charge is 0.309 e. The number of hydrogen-bond donors (Lipinski definition) is 0. The number of esters is 1. The molecule has 0 fully saturated rings. The third kappa shape index (κ3) is 3.74. The molecule has 2 heteroatoms. The third-order valence-electron chi connectivity index (χ3n) is 2.21. The molecule has 0 spiro atoms. The Hall–Kier alpha value is -0.530. The molecule has 0 bridgehead atoms. The molecule has 12 heavy (non-hydrogen) atoms. The molecule has 0 aliphatic heterocycles. The predicted octanol–water partition coefficient (Wildman–Crippen LogP) is 2.76. The molecule has 1 atom stereocenters. The fourth-order valence-corrected chi connectivity index (χ4v) is 1.000. The lowest BCUT2D eigenvalue weighted by molar-refractivity contribution is -0.153. The van der Waals surface area contributed by atoms with Crippen molar-refractivity contribution in [3.05, 3.63) is 0 Å². The molecule has 0 rings (SSSR count). The molecular weight excluding hydrogens is 152 g/mol. The van der Waals surface area contributed by atoms with Gasteiger partial charge in [-0.15, -0.1) is 0 Å². The van der Waals surface area contributed by atoms with Crippen LogP contribution in [0.5, 0.6) is 0 Å². The van der Waals surface area contributed by atoms with Crippen molar-refractivity contribution in [2.75, 3.05) is 0 Å². The summed E-state index contributed by atoms with van der Waals surface area (Å²) in [5.41, 5.74) is 0. The van der Waals surface area contributed by atoms with E-state index in [0.29, 0.717) is 0 Å². The van der Waals surface area contributed by atoms with E-state index in [2.05, 4.69) is 0 Å². The zero-order valence-corrected chi connectivity index (χ0v) is 8.59. The fraction of sp³-hybridized carbons (Fsp3) is 0.900. The van der Waals surface area contributed by atoms with Crippen LogP contribution < -0.4 is 0 Å². The van der Waals surface area contributed by atoms with Crippen molar-refractivity contribution in [1.82, 2.24) is 0 Å². The zero-order valence-electron chi connectivity index (χ0n) is 8.59. The van der Waals surface area contributed by atoms with Crippen molar-refractivity contribution in [2.45, 2.75) is 53.1 Å². The minimum absolute atomic E-state index is 0.0330. The first-order valence-corrected chi connectivity index (χ1v) is 4.86. The maximum Gasteiger partial charge on any atom is 0.309 e. The summed E-state index contributed by atoms with van der Waals surface area (Å²) in [5, 5.41) is 0. The molecule has 0 amide bonds. The maximum atomic E-state index is 11.4. The normalized spacial score (nSPS) is 13.1. The molecule has 2 nitrogen and oxygen atoms in total. The highest BCUT2D eigenvalue weighted by atomic mass is 16.5. The fourth-order valence-electron chi connectivity index (χ4n) is 1.000. The standard InChI is InChI=1S/C10H20O2/c1-5-8(4)12-10(11)9(6-2)7-3/h8-9H,5-7H2,1-4H3. The SMILES string of the molecule is CCC(C)OC(=O)C(CC)CC. The molecule has 0 aromatic heterocycles. The highest BCUT2D eigenvalue weighted by Crippen LogP contribution is 2.11. The Morgan fingerprint density at radius 2 is 1.67 bits per heavy atom. The Balaban J connectivity index is 3.84. The second-order valence-corrected chi connectivity index (χ2v) is 3.17. The molecule has 0 N–H and O–H groups in total. The molecule has 72 valence electrons. The molecule has 0 heterocycles. The van der Waals surface area contributed by atoms with Crippen LogP contribution in [-0.2, 0) is 9.53 Å². The average Bonchev–Trinajstić information content (AvgIpc) is 2.06. The van der Waals surface area contributed by atoms with Gasteiger partial charge in [-0.05, 0) is 26.2 Å². The Morgan fingerprint density at radius 1 is 1.17 bits per heavy atom. The van der Waals surface area contributed by atoms with Crippen LogP contribution in [0.25, 0.3) is 0 Å². The lowest BCUT2D eigenvalue weighted by atomic mass is 10.0. The summed E-state index contributed by atoms with van der Waals surface area (Å²) in [6.07, 6.45) is 2.72. The molecule has 0 aliphatic carbocycles. The van der Waals surface area contributed by atoms with Gasteiger partial charge in [0.25, 0.3) is 0 Å². The molecule has 0 saturated heterocycles. The second kappa shape index (κ2) is 6.04. The highest BCUT2D eigenvalue weighted by molar-refractivity contribution is 5.72. The predicted molar refractivity (Wildman–Crippen MR) is 49.9 cm³/mol. The summed E-state index contributed by atoms with van der Waals surface area (Å²) in [6, 6.07) is 0. The second-order valence-electron chi connectivity index (χ2n) is 3.17. The molecular formula is C10H20O2. The van der Waals surface area contributed by atoms with Gasteiger partial charge in [0.1, 0.15) is 0 Å². The van der Waals surface area contributed by atoms with E-state index < -0.39 is 0 Å². The summed E-state index contributed by atoms with van der Waals surface area (Å²) in [4.78, 5) is 11.4. The van der Waals surface area contributed by atoms with Gasteiger partial charge in [-0.25, -0.2) is 0 Å². The van der Waals surface area contributed by atoms with Gasteiger partial charge in [-0.1, -0.05) is 20.8 Å². The summed E-state index contributed by atoms with van der Waals surface area (Å²) in [7, 11) is 0. The zero-order chi connectivity index (χ0) is 9.56. The van der Waals surface area contributed by atoms with E-state index in [4.69, 9.17) is 4.74 Å². The van der Waals surface area contributed by atoms with Crippen molar-refractivity contribution in [1.29, 1.82) is 0 Å². The quantitative estimate of drug-likeness (QED) is 0.596. The van der Waals surface area contributed by atoms with Crippen LogP contribution in [0.3, 0.4) is 0 Å². The van der Waals surface area contributed by atoms with Crippen LogP contribution in [0.4, 0.5) is 0 Å². The van der Waals surface area contributed by atoms with Crippen LogP contribution in [0, 0.1) is 5.92 Å². The Morgan fingerprint density at radius 3 is 2.00 bits per heavy atom. The van der Waals surface area contributed by atoms with Gasteiger partial charge in [0.15, 0.2) is 0 Å². The minimum atomic E-state index is -0.0330. The highest BCUT2D eigenvalue weighted by Gasteiger charge is 2.17. The van der Waals surface area contributed by atoms with E-state index >= 15 is 0 Å². The van der Waals surface area contributed by atoms with Gasteiger partial charge >= 0.3 is 5.97 Å². The average molecular weight is 172 g/mol. The molecule has 0 radical (unpaired) electrons. The van der Waals surface area contributed by atoms with Crippen LogP contribution in [0.15, 0.2) is 0 Å². The minimum Gasteiger partial charge on any atom is -0.462 e. The first kappa shape index (κ1) is 11.5. The van der Waals surface area contributed by atoms with E-state index in [1.165, 1.54) is 0 Å². The van der Waals surface area contributed by atoms with Crippen LogP contribution in [0.2, 0.25) is 0 Å². The summed E-state index contributed by atoms with van der Waals surface area (Å²) in [6.45, 7) is 7.99. The monoisotopic (exact) mass is 172 g/mol. The largest absolute Gasteiger partial charge is 0.462 e. The van der Waals surface area contributed by atoms with E-state index in [-0.39, 0.29) is 18.0 Å². The van der Waals surface area contributed by atoms with E-state index in [1.54, 1.807) is 0 Å². The first-order chi connectivity index (χ1) is 5.65. The van der Waals surface area contributed by atoms with Crippen molar-refractivity contribution in [3.8, 4) is 0 Å². The van der Waals surface area contributed by atoms with Gasteiger partial charge in [-0.2, -0.15) is 0 Å². The van der Waals surface area contributed by atoms with E-state index in [9.17, 15) is 4.79 Å². The van der Waals surface area contributed by atoms with Crippen molar-refractivity contribution in [2.24, 2.45) is 5.92 Å². The number of rotatable bonds is 5. The Bertz CT molecular complexity index is 128. The Kier molecular flexibility index (Phi) is 5.77. The van der Waals surface area contributed by atoms with E-state index in [1.807, 2.05) is 27.7 Å². The van der Waals surface area contributed by atoms with Crippen LogP contribution in [-0.4, -0.2) is 12.1 Å². The molecule has 0 saturated carbocycles. The number of ether oxygens (including phenoxy) is 1.